The normalized spacial score (nSPS) is 15.2. The van der Waals surface area contributed by atoms with E-state index in [1.807, 2.05) is 48.5 Å². The molecule has 1 amide bonds. The van der Waals surface area contributed by atoms with E-state index >= 15 is 0 Å². The maximum atomic E-state index is 13.7. The van der Waals surface area contributed by atoms with Crippen LogP contribution < -0.4 is 4.74 Å². The predicted molar refractivity (Wildman–Crippen MR) is 152 cm³/mol. The molecule has 2 heterocycles. The Bertz CT molecular complexity index is 1510. The molecule has 1 aromatic heterocycles. The quantitative estimate of drug-likeness (QED) is 0.264. The molecule has 1 saturated heterocycles. The molecule has 5 rings (SSSR count). The number of ether oxygens (including phenoxy) is 2. The van der Waals surface area contributed by atoms with E-state index in [1.165, 1.54) is 0 Å². The van der Waals surface area contributed by atoms with Gasteiger partial charge >= 0.3 is 0 Å². The average Bonchev–Trinajstić information content (AvgIpc) is 3.64. The van der Waals surface area contributed by atoms with Crippen LogP contribution in [0.4, 0.5) is 0 Å². The monoisotopic (exact) mass is 559 g/mol. The molecule has 208 valence electrons. The van der Waals surface area contributed by atoms with E-state index in [2.05, 4.69) is 4.98 Å². The molecule has 1 fully saturated rings. The molecule has 1 aliphatic heterocycles. The number of amides is 1. The summed E-state index contributed by atoms with van der Waals surface area (Å²) in [6.07, 6.45) is 3.31. The summed E-state index contributed by atoms with van der Waals surface area (Å²) in [6, 6.07) is 25.7. The first kappa shape index (κ1) is 27.6. The van der Waals surface area contributed by atoms with Crippen LogP contribution in [-0.4, -0.2) is 55.1 Å². The van der Waals surface area contributed by atoms with E-state index in [4.69, 9.17) is 9.47 Å². The fourth-order valence-corrected chi connectivity index (χ4v) is 6.42. The number of hydrogen-bond donors (Lipinski definition) is 0. The molecule has 1 aliphatic rings. The van der Waals surface area contributed by atoms with Gasteiger partial charge in [-0.15, -0.1) is 0 Å². The second-order valence-electron chi connectivity index (χ2n) is 9.90. The first-order valence-corrected chi connectivity index (χ1v) is 15.0. The number of methoxy groups -OCH3 is 1. The fourth-order valence-electron chi connectivity index (χ4n) is 4.92. The Balaban J connectivity index is 1.50. The van der Waals surface area contributed by atoms with Crippen molar-refractivity contribution in [3.05, 3.63) is 114 Å². The second kappa shape index (κ2) is 12.5. The van der Waals surface area contributed by atoms with Gasteiger partial charge in [0.1, 0.15) is 5.75 Å². The first-order chi connectivity index (χ1) is 19.4. The average molecular weight is 560 g/mol. The summed E-state index contributed by atoms with van der Waals surface area (Å²) in [5.74, 6) is 0.333. The third-order valence-corrected chi connectivity index (χ3v) is 8.58. The summed E-state index contributed by atoms with van der Waals surface area (Å²) in [5.41, 5.74) is 2.78. The lowest BCUT2D eigenvalue weighted by molar-refractivity contribution is 0.0501. The van der Waals surface area contributed by atoms with Gasteiger partial charge in [-0.05, 0) is 48.2 Å². The highest BCUT2D eigenvalue weighted by Gasteiger charge is 2.28. The van der Waals surface area contributed by atoms with E-state index in [1.54, 1.807) is 59.2 Å². The molecule has 0 saturated carbocycles. The predicted octanol–water partition coefficient (Wildman–Crippen LogP) is 4.74. The van der Waals surface area contributed by atoms with Crippen molar-refractivity contribution >= 4 is 15.7 Å². The van der Waals surface area contributed by atoms with E-state index in [-0.39, 0.29) is 29.5 Å². The van der Waals surface area contributed by atoms with Crippen molar-refractivity contribution in [3.8, 4) is 5.75 Å². The molecule has 9 heteroatoms. The maximum absolute atomic E-state index is 13.7. The zero-order chi connectivity index (χ0) is 28.0. The number of nitrogens with zero attached hydrogens (tertiary/aromatic N) is 3. The van der Waals surface area contributed by atoms with Gasteiger partial charge in [-0.2, -0.15) is 0 Å². The van der Waals surface area contributed by atoms with Crippen LogP contribution in [-0.2, 0) is 33.4 Å². The van der Waals surface area contributed by atoms with E-state index in [9.17, 15) is 13.2 Å². The van der Waals surface area contributed by atoms with E-state index in [0.717, 1.165) is 18.4 Å². The molecule has 0 aliphatic carbocycles. The topological polar surface area (TPSA) is 90.7 Å². The molecule has 0 bridgehead atoms. The van der Waals surface area contributed by atoms with Crippen molar-refractivity contribution in [1.82, 2.24) is 14.5 Å². The van der Waals surface area contributed by atoms with Crippen LogP contribution in [0.5, 0.6) is 5.75 Å². The number of imidazole rings is 1. The van der Waals surface area contributed by atoms with Crippen molar-refractivity contribution in [3.63, 3.8) is 0 Å². The van der Waals surface area contributed by atoms with Crippen LogP contribution >= 0.6 is 0 Å². The van der Waals surface area contributed by atoms with Crippen molar-refractivity contribution in [2.24, 2.45) is 0 Å². The molecular weight excluding hydrogens is 526 g/mol. The number of rotatable bonds is 11. The summed E-state index contributed by atoms with van der Waals surface area (Å²) in [5, 5.41) is -0.0100. The molecule has 0 spiro atoms. The molecule has 40 heavy (non-hydrogen) atoms. The zero-order valence-electron chi connectivity index (χ0n) is 22.5. The van der Waals surface area contributed by atoms with Gasteiger partial charge < -0.3 is 18.9 Å². The van der Waals surface area contributed by atoms with Gasteiger partial charge in [0.2, 0.25) is 15.0 Å². The maximum Gasteiger partial charge on any atom is 0.254 e. The third-order valence-electron chi connectivity index (χ3n) is 6.99. The minimum absolute atomic E-state index is 0.0100. The van der Waals surface area contributed by atoms with Crippen molar-refractivity contribution in [1.29, 1.82) is 0 Å². The van der Waals surface area contributed by atoms with Gasteiger partial charge in [-0.1, -0.05) is 60.7 Å². The SMILES string of the molecule is COc1ccc(C(=O)N(Cc2cnc(S(=O)(=O)Cc3ccccc3)n2Cc2ccccc2)C[C@H]2CCCO2)cc1. The summed E-state index contributed by atoms with van der Waals surface area (Å²) in [6.45, 7) is 1.56. The molecule has 8 nitrogen and oxygen atoms in total. The molecule has 0 unspecified atom stereocenters. The molecule has 0 radical (unpaired) electrons. The highest BCUT2D eigenvalue weighted by Crippen LogP contribution is 2.23. The smallest absolute Gasteiger partial charge is 0.254 e. The van der Waals surface area contributed by atoms with Gasteiger partial charge in [0.15, 0.2) is 0 Å². The van der Waals surface area contributed by atoms with Gasteiger partial charge in [0.25, 0.3) is 5.91 Å². The summed E-state index contributed by atoms with van der Waals surface area (Å²) >= 11 is 0. The number of carbonyl (C=O) groups is 1. The van der Waals surface area contributed by atoms with Crippen LogP contribution in [0, 0.1) is 0 Å². The molecular formula is C31H33N3O5S. The highest BCUT2D eigenvalue weighted by molar-refractivity contribution is 7.90. The molecule has 1 atom stereocenters. The standard InChI is InChI=1S/C31H33N3O5S/c1-38-28-16-14-26(15-17-28)30(35)33(22-29-13-8-18-39-29)21-27-19-32-31(34(27)20-24-9-4-2-5-10-24)40(36,37)23-25-11-6-3-7-12-25/h2-7,9-12,14-17,19,29H,8,13,18,20-23H2,1H3/t29-/m1/s1. The van der Waals surface area contributed by atoms with Crippen LogP contribution in [0.25, 0.3) is 0 Å². The van der Waals surface area contributed by atoms with E-state index in [0.29, 0.717) is 42.3 Å². The number of hydrogen-bond acceptors (Lipinski definition) is 6. The fraction of sp³-hybridized carbons (Fsp3) is 0.290. The summed E-state index contributed by atoms with van der Waals surface area (Å²) in [7, 11) is -2.19. The van der Waals surface area contributed by atoms with Gasteiger partial charge in [0.05, 0.1) is 43.9 Å². The Hall–Kier alpha value is -3.95. The van der Waals surface area contributed by atoms with Crippen molar-refractivity contribution < 1.29 is 22.7 Å². The largest absolute Gasteiger partial charge is 0.497 e. The number of aromatic nitrogens is 2. The third kappa shape index (κ3) is 6.60. The van der Waals surface area contributed by atoms with Crippen molar-refractivity contribution in [2.45, 2.75) is 42.9 Å². The van der Waals surface area contributed by atoms with Crippen molar-refractivity contribution in [2.75, 3.05) is 20.3 Å². The lowest BCUT2D eigenvalue weighted by atomic mass is 10.1. The molecule has 3 aromatic carbocycles. The lowest BCUT2D eigenvalue weighted by Gasteiger charge is -2.26. The minimum atomic E-state index is -3.77. The Morgan fingerprint density at radius 2 is 1.68 bits per heavy atom. The van der Waals surface area contributed by atoms with Crippen LogP contribution in [0.1, 0.15) is 40.0 Å². The van der Waals surface area contributed by atoms with Crippen LogP contribution in [0.3, 0.4) is 0 Å². The Morgan fingerprint density at radius 1 is 1.00 bits per heavy atom. The Morgan fingerprint density at radius 3 is 2.30 bits per heavy atom. The van der Waals surface area contributed by atoms with Gasteiger partial charge in [-0.3, -0.25) is 4.79 Å². The van der Waals surface area contributed by atoms with Crippen LogP contribution in [0.15, 0.2) is 96.3 Å². The highest BCUT2D eigenvalue weighted by atomic mass is 32.2. The van der Waals surface area contributed by atoms with E-state index < -0.39 is 9.84 Å². The Labute approximate surface area is 235 Å². The number of benzene rings is 3. The van der Waals surface area contributed by atoms with Gasteiger partial charge in [-0.25, -0.2) is 13.4 Å². The minimum Gasteiger partial charge on any atom is -0.497 e. The van der Waals surface area contributed by atoms with Gasteiger partial charge in [0, 0.05) is 18.7 Å². The number of carbonyl (C=O) groups excluding carboxylic acids is 1. The van der Waals surface area contributed by atoms with Crippen LogP contribution in [0.2, 0.25) is 0 Å². The molecule has 0 N–H and O–H groups in total. The summed E-state index contributed by atoms with van der Waals surface area (Å²) < 4.78 is 40.1. The second-order valence-corrected chi connectivity index (χ2v) is 11.8. The first-order valence-electron chi connectivity index (χ1n) is 13.3. The molecule has 4 aromatic rings. The Kier molecular flexibility index (Phi) is 8.62. The zero-order valence-corrected chi connectivity index (χ0v) is 23.3. The summed E-state index contributed by atoms with van der Waals surface area (Å²) in [4.78, 5) is 19.9. The lowest BCUT2D eigenvalue weighted by Crippen LogP contribution is -2.37. The number of sulfone groups is 1.